The molecule has 2 heterocycles. The number of aliphatic hydroxyl groups excluding tert-OH is 1. The third-order valence-corrected chi connectivity index (χ3v) is 10.2. The molecule has 0 atom stereocenters. The van der Waals surface area contributed by atoms with Gasteiger partial charge in [0.05, 0.1) is 29.1 Å². The molecule has 0 unspecified atom stereocenters. The van der Waals surface area contributed by atoms with Crippen LogP contribution in [0.15, 0.2) is 139 Å². The van der Waals surface area contributed by atoms with Gasteiger partial charge in [0.2, 0.25) is 5.69 Å². The van der Waals surface area contributed by atoms with Gasteiger partial charge in [-0.05, 0) is 69.0 Å². The fourth-order valence-electron chi connectivity index (χ4n) is 6.98. The minimum absolute atomic E-state index is 0. The van der Waals surface area contributed by atoms with Crippen molar-refractivity contribution in [3.05, 3.63) is 185 Å². The van der Waals surface area contributed by atoms with Gasteiger partial charge in [0.1, 0.15) is 5.76 Å². The molecule has 0 bridgehead atoms. The predicted molar refractivity (Wildman–Crippen MR) is 241 cm³/mol. The third kappa shape index (κ3) is 9.91. The molecule has 0 aliphatic carbocycles. The molecule has 1 radical (unpaired) electrons. The Balaban J connectivity index is 0.000000171. The number of aromatic nitrogens is 1. The van der Waals surface area contributed by atoms with Crippen molar-refractivity contribution in [1.82, 2.24) is 0 Å². The van der Waals surface area contributed by atoms with E-state index in [1.54, 1.807) is 0 Å². The van der Waals surface area contributed by atoms with Crippen LogP contribution in [0.1, 0.15) is 74.9 Å². The molecular formula is C53H55IrN2O2+. The fraction of sp³-hybridized carbons (Fsp3) is 0.208. The first kappa shape index (κ1) is 43.5. The molecule has 6 aromatic carbocycles. The number of carbonyl (C=O) groups excluding carboxylic acids is 1. The Hall–Kier alpha value is -5.61. The maximum Gasteiger partial charge on any atom is 0.325 e. The molecule has 1 aliphatic heterocycles. The molecule has 8 rings (SSSR count). The molecule has 4 nitrogen and oxygen atoms in total. The number of benzene rings is 6. The van der Waals surface area contributed by atoms with Gasteiger partial charge >= 0.3 is 5.78 Å². The van der Waals surface area contributed by atoms with E-state index in [1.807, 2.05) is 58.5 Å². The van der Waals surface area contributed by atoms with Gasteiger partial charge in [0, 0.05) is 49.3 Å². The van der Waals surface area contributed by atoms with Crippen molar-refractivity contribution in [1.29, 1.82) is 0 Å². The van der Waals surface area contributed by atoms with Crippen molar-refractivity contribution in [2.24, 2.45) is 10.8 Å². The van der Waals surface area contributed by atoms with E-state index in [4.69, 9.17) is 0 Å². The molecule has 0 amide bonds. The Morgan fingerprint density at radius 3 is 2.03 bits per heavy atom. The van der Waals surface area contributed by atoms with Crippen LogP contribution in [0.25, 0.3) is 49.7 Å². The first-order valence-electron chi connectivity index (χ1n) is 19.6. The second-order valence-electron chi connectivity index (χ2n) is 17.0. The summed E-state index contributed by atoms with van der Waals surface area (Å²) >= 11 is 0. The largest absolute Gasteiger partial charge is 0.511 e. The van der Waals surface area contributed by atoms with Gasteiger partial charge < -0.3 is 9.68 Å². The summed E-state index contributed by atoms with van der Waals surface area (Å²) in [5.74, 6) is 0.417. The predicted octanol–water partition coefficient (Wildman–Crippen LogP) is 12.7. The number of rotatable bonds is 3. The van der Waals surface area contributed by atoms with Gasteiger partial charge in [0.25, 0.3) is 0 Å². The summed E-state index contributed by atoms with van der Waals surface area (Å²) in [5, 5.41) is 17.3. The summed E-state index contributed by atoms with van der Waals surface area (Å²) < 4.78 is 1.95. The zero-order valence-corrected chi connectivity index (χ0v) is 37.6. The Morgan fingerprint density at radius 2 is 1.38 bits per heavy atom. The fourth-order valence-corrected chi connectivity index (χ4v) is 6.98. The van der Waals surface area contributed by atoms with E-state index in [1.165, 1.54) is 71.9 Å². The minimum Gasteiger partial charge on any atom is -0.511 e. The van der Waals surface area contributed by atoms with Crippen LogP contribution in [0.5, 0.6) is 0 Å². The average molecular weight is 944 g/mol. The van der Waals surface area contributed by atoms with Crippen LogP contribution >= 0.6 is 0 Å². The zero-order chi connectivity index (χ0) is 41.1. The number of nitrogens with one attached hydrogen (secondary N) is 1. The first-order chi connectivity index (χ1) is 27.0. The number of aryl methyl sites for hydroxylation is 3. The zero-order valence-electron chi connectivity index (χ0n) is 35.2. The first-order valence-corrected chi connectivity index (χ1v) is 19.6. The van der Waals surface area contributed by atoms with Gasteiger partial charge in [-0.15, -0.1) is 35.4 Å². The summed E-state index contributed by atoms with van der Waals surface area (Å²) in [6.45, 7) is 21.9. The normalized spacial score (nSPS) is 12.6. The number of ketones is 1. The van der Waals surface area contributed by atoms with Crippen molar-refractivity contribution in [2.75, 3.05) is 0 Å². The number of nitrogens with zero attached hydrogens (tertiary/aromatic N) is 1. The van der Waals surface area contributed by atoms with E-state index < -0.39 is 0 Å². The van der Waals surface area contributed by atoms with Gasteiger partial charge in [-0.25, -0.2) is 4.98 Å². The van der Waals surface area contributed by atoms with Crippen LogP contribution < -0.4 is 4.98 Å². The summed E-state index contributed by atoms with van der Waals surface area (Å²) in [6, 6.07) is 45.6. The molecule has 1 aromatic heterocycles. The van der Waals surface area contributed by atoms with Crippen molar-refractivity contribution in [3.63, 3.8) is 0 Å². The molecule has 0 fully saturated rings. The molecular weight excluding hydrogens is 889 g/mol. The monoisotopic (exact) mass is 944 g/mol. The van der Waals surface area contributed by atoms with Crippen molar-refractivity contribution >= 4 is 50.9 Å². The standard InChI is InChI=1S/C22H18N.C20H15N.C11H20O2.Ir/c1-15-12-16(2)14-18(13-15)22-21-9-8-17-6-4-5-7-19(17)20(21)10-11-23(22)3;1-14-5-4-7-16(13-14)20-19-10-9-15-6-2-3-8-17(15)18(19)11-12-21-20;1-10(2,3)8(12)7-9(13)11(4,5)6;/h4-13H,3H2,1-2H3;2-13H,1H3;7,12H,1-6H3;/q-1;;;/p+2. The molecule has 0 saturated carbocycles. The maximum atomic E-state index is 9.60. The summed E-state index contributed by atoms with van der Waals surface area (Å²) in [5.41, 5.74) is 9.04. The Labute approximate surface area is 358 Å². The Kier molecular flexibility index (Phi) is 13.4. The SMILES string of the molecule is C=[N+]1C=Cc2c(ccc3ccccc23)[C-]1c1[c-]c(C)cc(C)c1.CC(C)(C)C(=[OH+])C=C(O)C(C)(C)C.Cc1cccc(-c2[nH+]ccc3c2ccc2ccccc23)c1.[Ir]. The number of fused-ring (bicyclic) bond motifs is 6. The van der Waals surface area contributed by atoms with Gasteiger partial charge in [0.15, 0.2) is 6.20 Å². The summed E-state index contributed by atoms with van der Waals surface area (Å²) in [7, 11) is 0. The van der Waals surface area contributed by atoms with Crippen LogP contribution in [-0.4, -0.2) is 27.0 Å². The van der Waals surface area contributed by atoms with Crippen LogP contribution in [0.2, 0.25) is 0 Å². The molecule has 5 heteroatoms. The third-order valence-electron chi connectivity index (χ3n) is 10.2. The second-order valence-corrected chi connectivity index (χ2v) is 17.0. The van der Waals surface area contributed by atoms with E-state index in [0.717, 1.165) is 17.2 Å². The number of aliphatic hydroxyl groups is 1. The molecule has 3 N–H and O–H groups in total. The summed E-state index contributed by atoms with van der Waals surface area (Å²) in [4.78, 5) is 13.0. The van der Waals surface area contributed by atoms with Gasteiger partial charge in [-0.2, -0.15) is 0 Å². The number of hydrogen-bond donors (Lipinski definition) is 1. The van der Waals surface area contributed by atoms with Gasteiger partial charge in [-0.1, -0.05) is 134 Å². The van der Waals surface area contributed by atoms with Crippen LogP contribution in [-0.2, 0) is 20.1 Å². The van der Waals surface area contributed by atoms with E-state index in [2.05, 4.69) is 160 Å². The molecule has 0 saturated heterocycles. The van der Waals surface area contributed by atoms with E-state index in [0.29, 0.717) is 0 Å². The maximum absolute atomic E-state index is 9.60. The topological polar surface area (TPSA) is 58.8 Å². The Morgan fingerprint density at radius 1 is 0.724 bits per heavy atom. The molecule has 7 aromatic rings. The summed E-state index contributed by atoms with van der Waals surface area (Å²) in [6.07, 6.45) is 7.67. The number of allylic oxidation sites excluding steroid dienone is 2. The van der Waals surface area contributed by atoms with E-state index >= 15 is 0 Å². The molecule has 58 heavy (non-hydrogen) atoms. The average Bonchev–Trinajstić information content (AvgIpc) is 3.16. The van der Waals surface area contributed by atoms with Crippen LogP contribution in [0, 0.1) is 43.7 Å². The van der Waals surface area contributed by atoms with E-state index in [9.17, 15) is 9.90 Å². The molecule has 0 spiro atoms. The quantitative estimate of drug-likeness (QED) is 0.0471. The molecule has 297 valence electrons. The van der Waals surface area contributed by atoms with Crippen molar-refractivity contribution in [3.8, 4) is 11.3 Å². The second kappa shape index (κ2) is 17.9. The number of hydrogen-bond acceptors (Lipinski definition) is 1. The van der Waals surface area contributed by atoms with Crippen molar-refractivity contribution < 1.29 is 39.6 Å². The minimum atomic E-state index is -0.306. The van der Waals surface area contributed by atoms with Crippen molar-refractivity contribution in [2.45, 2.75) is 62.3 Å². The van der Waals surface area contributed by atoms with Crippen LogP contribution in [0.4, 0.5) is 0 Å². The number of pyridine rings is 1. The van der Waals surface area contributed by atoms with Crippen LogP contribution in [0.3, 0.4) is 0 Å². The molecule has 1 aliphatic rings. The van der Waals surface area contributed by atoms with Gasteiger partial charge in [-0.3, -0.25) is 4.79 Å². The Bertz CT molecular complexity index is 2670. The van der Waals surface area contributed by atoms with E-state index in [-0.39, 0.29) is 42.5 Å². The number of aromatic amines is 1. The smallest absolute Gasteiger partial charge is 0.325 e. The number of H-pyrrole nitrogens is 1.